The number of nitrogens with zero attached hydrogens (tertiary/aromatic N) is 6. The van der Waals surface area contributed by atoms with Crippen molar-refractivity contribution in [3.05, 3.63) is 91.0 Å². The van der Waals surface area contributed by atoms with E-state index in [1.54, 1.807) is 48.5 Å². The quantitative estimate of drug-likeness (QED) is 0.0762. The minimum absolute atomic E-state index is 0.112. The van der Waals surface area contributed by atoms with Crippen molar-refractivity contribution in [2.45, 2.75) is 9.79 Å². The SMILES string of the molecule is CN=Nc1ccc2cc(S(=O)(=O)O)c(N=Nc3ccc(-c4ccc(N=Nc5cc(S(=O)(=O)O)c6ccccc6c5O)c(OC)c4)cc3OC)c(O)c2c1. The van der Waals surface area contributed by atoms with E-state index < -0.39 is 41.5 Å². The smallest absolute Gasteiger partial charge is 0.296 e. The van der Waals surface area contributed by atoms with E-state index in [1.807, 2.05) is 0 Å². The highest BCUT2D eigenvalue weighted by Crippen LogP contribution is 2.44. The van der Waals surface area contributed by atoms with E-state index in [1.165, 1.54) is 51.6 Å². The molecule has 18 heteroatoms. The highest BCUT2D eigenvalue weighted by Gasteiger charge is 2.23. The van der Waals surface area contributed by atoms with E-state index >= 15 is 0 Å². The molecule has 0 aromatic heterocycles. The predicted molar refractivity (Wildman–Crippen MR) is 195 cm³/mol. The van der Waals surface area contributed by atoms with Crippen LogP contribution in [0.15, 0.2) is 131 Å². The van der Waals surface area contributed by atoms with E-state index in [0.29, 0.717) is 22.2 Å². The van der Waals surface area contributed by atoms with Gasteiger partial charge in [-0.25, -0.2) is 0 Å². The first-order valence-electron chi connectivity index (χ1n) is 15.2. The van der Waals surface area contributed by atoms with Gasteiger partial charge < -0.3 is 19.7 Å². The van der Waals surface area contributed by atoms with Crippen LogP contribution in [0.3, 0.4) is 0 Å². The summed E-state index contributed by atoms with van der Waals surface area (Å²) in [6.07, 6.45) is 0. The molecule has 0 amide bonds. The number of aromatic hydroxyl groups is 2. The Balaban J connectivity index is 1.34. The lowest BCUT2D eigenvalue weighted by atomic mass is 10.0. The first-order chi connectivity index (χ1) is 25.2. The molecule has 6 aromatic carbocycles. The lowest BCUT2D eigenvalue weighted by Crippen LogP contribution is -1.99. The second kappa shape index (κ2) is 14.4. The van der Waals surface area contributed by atoms with Crippen molar-refractivity contribution in [2.24, 2.45) is 30.7 Å². The van der Waals surface area contributed by atoms with Crippen molar-refractivity contribution in [1.82, 2.24) is 0 Å². The summed E-state index contributed by atoms with van der Waals surface area (Å²) in [6.45, 7) is 0. The maximum absolute atomic E-state index is 12.3. The monoisotopic (exact) mass is 756 g/mol. The van der Waals surface area contributed by atoms with Gasteiger partial charge in [0, 0.05) is 23.2 Å². The standard InChI is InChI=1S/C35H28N6O10S2/c1-36-37-22-11-8-21-16-32(53(47,48)49)33(35(43)25(21)17-22)41-39-27-13-10-20(15-30(27)51-3)19-9-12-26(29(14-19)50-2)38-40-28-18-31(52(44,45)46)23-6-4-5-7-24(23)34(28)42/h4-18,42-43H,1-3H3,(H,44,45,46)(H,47,48,49). The van der Waals surface area contributed by atoms with Gasteiger partial charge in [0.25, 0.3) is 20.2 Å². The number of hydrogen-bond acceptors (Lipinski definition) is 14. The minimum Gasteiger partial charge on any atom is -0.505 e. The van der Waals surface area contributed by atoms with E-state index in [-0.39, 0.29) is 50.5 Å². The minimum atomic E-state index is -4.84. The second-order valence-corrected chi connectivity index (χ2v) is 14.0. The fraction of sp³-hybridized carbons (Fsp3) is 0.0857. The Morgan fingerprint density at radius 2 is 1.11 bits per heavy atom. The van der Waals surface area contributed by atoms with Gasteiger partial charge in [-0.3, -0.25) is 9.11 Å². The van der Waals surface area contributed by atoms with Gasteiger partial charge in [0.2, 0.25) is 0 Å². The number of methoxy groups -OCH3 is 2. The molecule has 0 bridgehead atoms. The Morgan fingerprint density at radius 1 is 0.547 bits per heavy atom. The van der Waals surface area contributed by atoms with Gasteiger partial charge in [-0.1, -0.05) is 42.5 Å². The van der Waals surface area contributed by atoms with Gasteiger partial charge in [0.05, 0.1) is 19.9 Å². The van der Waals surface area contributed by atoms with E-state index in [9.17, 15) is 36.2 Å². The molecule has 0 fully saturated rings. The van der Waals surface area contributed by atoms with E-state index in [2.05, 4.69) is 30.7 Å². The van der Waals surface area contributed by atoms with Crippen LogP contribution >= 0.6 is 0 Å². The molecule has 0 aliphatic heterocycles. The van der Waals surface area contributed by atoms with Crippen LogP contribution in [0.4, 0.5) is 28.4 Å². The van der Waals surface area contributed by atoms with Crippen LogP contribution in [0.2, 0.25) is 0 Å². The molecule has 53 heavy (non-hydrogen) atoms. The zero-order chi connectivity index (χ0) is 38.1. The number of fused-ring (bicyclic) bond motifs is 2. The third-order valence-corrected chi connectivity index (χ3v) is 9.74. The second-order valence-electron chi connectivity index (χ2n) is 11.2. The molecule has 0 saturated carbocycles. The molecule has 0 unspecified atom stereocenters. The summed E-state index contributed by atoms with van der Waals surface area (Å²) in [5.41, 5.74) is 1.32. The fourth-order valence-corrected chi connectivity index (χ4v) is 6.87. The number of rotatable bonds is 10. The summed E-state index contributed by atoms with van der Waals surface area (Å²) < 4.78 is 79.5. The molecule has 0 atom stereocenters. The average molecular weight is 757 g/mol. The van der Waals surface area contributed by atoms with Gasteiger partial charge >= 0.3 is 0 Å². The summed E-state index contributed by atoms with van der Waals surface area (Å²) in [7, 11) is -5.24. The molecular formula is C35H28N6O10S2. The maximum Gasteiger partial charge on any atom is 0.296 e. The van der Waals surface area contributed by atoms with Crippen LogP contribution in [0.5, 0.6) is 23.0 Å². The zero-order valence-corrected chi connectivity index (χ0v) is 29.5. The first kappa shape index (κ1) is 36.5. The Morgan fingerprint density at radius 3 is 1.68 bits per heavy atom. The number of phenolic OH excluding ortho intramolecular Hbond substituents is 2. The molecule has 0 heterocycles. The highest BCUT2D eigenvalue weighted by molar-refractivity contribution is 7.86. The van der Waals surface area contributed by atoms with Crippen LogP contribution in [-0.4, -0.2) is 57.4 Å². The van der Waals surface area contributed by atoms with E-state index in [0.717, 1.165) is 12.1 Å². The normalized spacial score (nSPS) is 12.5. The zero-order valence-electron chi connectivity index (χ0n) is 27.9. The van der Waals surface area contributed by atoms with Crippen LogP contribution in [0.25, 0.3) is 32.7 Å². The summed E-state index contributed by atoms with van der Waals surface area (Å²) in [5.74, 6) is -0.413. The molecule has 0 aliphatic carbocycles. The largest absolute Gasteiger partial charge is 0.505 e. The van der Waals surface area contributed by atoms with Gasteiger partial charge in [0.15, 0.2) is 11.5 Å². The van der Waals surface area contributed by atoms with Crippen LogP contribution < -0.4 is 9.47 Å². The van der Waals surface area contributed by atoms with Crippen molar-refractivity contribution in [2.75, 3.05) is 21.3 Å². The van der Waals surface area contributed by atoms with E-state index in [4.69, 9.17) is 9.47 Å². The Bertz CT molecular complexity index is 2750. The maximum atomic E-state index is 12.3. The number of ether oxygens (including phenoxy) is 2. The molecule has 0 radical (unpaired) electrons. The van der Waals surface area contributed by atoms with Gasteiger partial charge in [-0.2, -0.15) is 27.1 Å². The Labute approximate surface area is 301 Å². The summed E-state index contributed by atoms with van der Waals surface area (Å²) >= 11 is 0. The number of benzene rings is 6. The van der Waals surface area contributed by atoms with Gasteiger partial charge in [-0.15, -0.1) is 20.5 Å². The van der Waals surface area contributed by atoms with Crippen molar-refractivity contribution < 1.29 is 45.6 Å². The molecule has 270 valence electrons. The summed E-state index contributed by atoms with van der Waals surface area (Å²) in [6, 6.07) is 22.6. The lowest BCUT2D eigenvalue weighted by Gasteiger charge is -2.11. The predicted octanol–water partition coefficient (Wildman–Crippen LogP) is 9.13. The van der Waals surface area contributed by atoms with Crippen LogP contribution in [0, 0.1) is 0 Å². The lowest BCUT2D eigenvalue weighted by molar-refractivity contribution is 0.415. The van der Waals surface area contributed by atoms with Crippen LogP contribution in [-0.2, 0) is 20.2 Å². The number of phenols is 2. The molecule has 0 saturated heterocycles. The fourth-order valence-electron chi connectivity index (χ4n) is 5.49. The first-order valence-corrected chi connectivity index (χ1v) is 18.1. The third kappa shape index (κ3) is 7.37. The number of azo groups is 3. The van der Waals surface area contributed by atoms with Crippen molar-refractivity contribution >= 4 is 70.2 Å². The van der Waals surface area contributed by atoms with Crippen molar-refractivity contribution in [3.63, 3.8) is 0 Å². The van der Waals surface area contributed by atoms with Gasteiger partial charge in [-0.05, 0) is 65.0 Å². The van der Waals surface area contributed by atoms with Crippen molar-refractivity contribution in [1.29, 1.82) is 0 Å². The Hall–Kier alpha value is -6.34. The third-order valence-electron chi connectivity index (χ3n) is 7.98. The molecule has 4 N–H and O–H groups in total. The molecule has 6 aromatic rings. The Kier molecular flexibility index (Phi) is 9.87. The van der Waals surface area contributed by atoms with Gasteiger partial charge in [0.1, 0.15) is 44.0 Å². The van der Waals surface area contributed by atoms with Crippen LogP contribution in [0.1, 0.15) is 0 Å². The summed E-state index contributed by atoms with van der Waals surface area (Å²) in [5, 5.41) is 46.6. The average Bonchev–Trinajstić information content (AvgIpc) is 3.13. The molecule has 6 rings (SSSR count). The number of hydrogen-bond donors (Lipinski definition) is 4. The van der Waals surface area contributed by atoms with Crippen molar-refractivity contribution in [3.8, 4) is 34.1 Å². The summed E-state index contributed by atoms with van der Waals surface area (Å²) in [4.78, 5) is -1.10. The molecule has 0 aliphatic rings. The topological polar surface area (TPSA) is 242 Å². The molecular weight excluding hydrogens is 729 g/mol. The molecule has 0 spiro atoms. The molecule has 16 nitrogen and oxygen atoms in total. The highest BCUT2D eigenvalue weighted by atomic mass is 32.2.